The van der Waals surface area contributed by atoms with Gasteiger partial charge in [0.15, 0.2) is 0 Å². The Kier molecular flexibility index (Phi) is 8.07. The molecule has 0 aliphatic carbocycles. The van der Waals surface area contributed by atoms with Crippen LogP contribution in [-0.4, -0.2) is 54.8 Å². The molecule has 0 saturated carbocycles. The number of carbonyl (C=O) groups is 2. The molecule has 1 aliphatic heterocycles. The fourth-order valence-electron chi connectivity index (χ4n) is 4.70. The number of rotatable bonds is 9. The lowest BCUT2D eigenvalue weighted by Gasteiger charge is -2.34. The molecular formula is C26H33N5O4S. The molecule has 0 bridgehead atoms. The van der Waals surface area contributed by atoms with E-state index in [1.807, 2.05) is 0 Å². The van der Waals surface area contributed by atoms with Crippen LogP contribution in [0.2, 0.25) is 0 Å². The van der Waals surface area contributed by atoms with Crippen molar-refractivity contribution in [1.29, 1.82) is 0 Å². The lowest BCUT2D eigenvalue weighted by Crippen LogP contribution is -2.44. The number of aromatic nitrogens is 1. The van der Waals surface area contributed by atoms with Gasteiger partial charge in [0.25, 0.3) is 5.91 Å². The number of esters is 1. The van der Waals surface area contributed by atoms with E-state index in [1.54, 1.807) is 24.3 Å². The Morgan fingerprint density at radius 2 is 2.06 bits per heavy atom. The van der Waals surface area contributed by atoms with Gasteiger partial charge in [-0.25, -0.2) is 9.78 Å². The molecule has 0 spiro atoms. The Labute approximate surface area is 214 Å². The van der Waals surface area contributed by atoms with Gasteiger partial charge in [0.2, 0.25) is 0 Å². The van der Waals surface area contributed by atoms with Crippen molar-refractivity contribution in [1.82, 2.24) is 10.3 Å². The van der Waals surface area contributed by atoms with Gasteiger partial charge in [-0.15, -0.1) is 11.3 Å². The number of nitrogen functional groups attached to an aromatic ring is 1. The Morgan fingerprint density at radius 1 is 1.31 bits per heavy atom. The third kappa shape index (κ3) is 5.45. The molecule has 9 nitrogen and oxygen atoms in total. The zero-order valence-electron chi connectivity index (χ0n) is 20.6. The zero-order chi connectivity index (χ0) is 25.8. The number of hydrogen-bond donors (Lipinski definition) is 4. The summed E-state index contributed by atoms with van der Waals surface area (Å²) in [6.07, 6.45) is 2.87. The van der Waals surface area contributed by atoms with Crippen molar-refractivity contribution in [3.8, 4) is 0 Å². The van der Waals surface area contributed by atoms with Gasteiger partial charge in [0, 0.05) is 31.1 Å². The molecule has 3 heterocycles. The number of nitrogens with two attached hydrogens (primary N) is 2. The third-order valence-electron chi connectivity index (χ3n) is 6.62. The van der Waals surface area contributed by atoms with Crippen molar-refractivity contribution < 1.29 is 19.4 Å². The third-order valence-corrected chi connectivity index (χ3v) is 7.74. The maximum atomic E-state index is 11.8. The molecule has 1 atom stereocenters. The highest BCUT2D eigenvalue weighted by atomic mass is 32.1. The summed E-state index contributed by atoms with van der Waals surface area (Å²) in [5.41, 5.74) is 14.4. The lowest BCUT2D eigenvalue weighted by molar-refractivity contribution is 0.0600. The molecule has 10 heteroatoms. The van der Waals surface area contributed by atoms with Crippen molar-refractivity contribution in [3.63, 3.8) is 0 Å². The summed E-state index contributed by atoms with van der Waals surface area (Å²) >= 11 is 1.26. The van der Waals surface area contributed by atoms with Crippen LogP contribution in [0.15, 0.2) is 30.3 Å². The van der Waals surface area contributed by atoms with Crippen molar-refractivity contribution in [2.75, 3.05) is 37.4 Å². The van der Waals surface area contributed by atoms with Crippen molar-refractivity contribution >= 4 is 44.9 Å². The molecular weight excluding hydrogens is 478 g/mol. The molecule has 0 radical (unpaired) electrons. The number of nitrogens with zero attached hydrogens (tertiary/aromatic N) is 2. The molecule has 1 aromatic carbocycles. The summed E-state index contributed by atoms with van der Waals surface area (Å²) in [5, 5.41) is 14.9. The number of pyridine rings is 1. The van der Waals surface area contributed by atoms with Crippen molar-refractivity contribution in [2.45, 2.75) is 44.8 Å². The quantitative estimate of drug-likeness (QED) is 0.321. The first kappa shape index (κ1) is 25.9. The van der Waals surface area contributed by atoms with Crippen LogP contribution in [-0.2, 0) is 11.2 Å². The Morgan fingerprint density at radius 3 is 2.72 bits per heavy atom. The van der Waals surface area contributed by atoms with E-state index in [0.29, 0.717) is 28.2 Å². The smallest absolute Gasteiger partial charge is 0.337 e. The number of aliphatic hydroxyl groups excluding tert-OH is 1. The Bertz CT molecular complexity index is 1250. The van der Waals surface area contributed by atoms with Crippen LogP contribution in [0, 0.1) is 0 Å². The van der Waals surface area contributed by atoms with Crippen LogP contribution < -0.4 is 21.7 Å². The summed E-state index contributed by atoms with van der Waals surface area (Å²) in [7, 11) is 1.34. The number of thiophene rings is 1. The second-order valence-corrected chi connectivity index (χ2v) is 10.1. The van der Waals surface area contributed by atoms with E-state index in [2.05, 4.69) is 23.2 Å². The number of aliphatic hydroxyl groups is 1. The Balaban J connectivity index is 1.40. The standard InChI is InChI=1S/C26H33N5O4S/c1-3-5-16-13-20(30-25-21(16)22(27)23(36-25)24(28)33)31-10-8-18(9-11-31)29-14-19(32)15-6-4-7-17(12-15)26(34)35-2/h4,6-7,12-13,18-19,29,32H,3,5,8-11,14,27H2,1-2H3,(H2,28,33). The average molecular weight is 512 g/mol. The van der Waals surface area contributed by atoms with Crippen LogP contribution in [0.25, 0.3) is 10.2 Å². The summed E-state index contributed by atoms with van der Waals surface area (Å²) in [5.74, 6) is -0.0544. The van der Waals surface area contributed by atoms with Gasteiger partial charge in [0.1, 0.15) is 15.5 Å². The number of amides is 1. The van der Waals surface area contributed by atoms with E-state index in [9.17, 15) is 14.7 Å². The van der Waals surface area contributed by atoms with Gasteiger partial charge < -0.3 is 31.5 Å². The summed E-state index contributed by atoms with van der Waals surface area (Å²) in [6, 6.07) is 9.23. The molecule has 6 N–H and O–H groups in total. The normalized spacial score (nSPS) is 15.2. The van der Waals surface area contributed by atoms with Crippen LogP contribution in [0.5, 0.6) is 0 Å². The van der Waals surface area contributed by atoms with Crippen LogP contribution in [0.4, 0.5) is 11.5 Å². The van der Waals surface area contributed by atoms with Gasteiger partial charge in [-0.1, -0.05) is 25.5 Å². The van der Waals surface area contributed by atoms with E-state index in [-0.39, 0.29) is 6.04 Å². The van der Waals surface area contributed by atoms with Crippen LogP contribution in [0.1, 0.15) is 63.4 Å². The highest BCUT2D eigenvalue weighted by Gasteiger charge is 2.24. The molecule has 1 saturated heterocycles. The number of nitrogens with one attached hydrogen (secondary N) is 1. The highest BCUT2D eigenvalue weighted by molar-refractivity contribution is 7.21. The van der Waals surface area contributed by atoms with E-state index in [1.165, 1.54) is 18.4 Å². The fraction of sp³-hybridized carbons (Fsp3) is 0.423. The predicted octanol–water partition coefficient (Wildman–Crippen LogP) is 3.01. The van der Waals surface area contributed by atoms with Gasteiger partial charge in [0.05, 0.1) is 24.5 Å². The van der Waals surface area contributed by atoms with Gasteiger partial charge in [-0.2, -0.15) is 0 Å². The average Bonchev–Trinajstić information content (AvgIpc) is 3.24. The number of primary amides is 1. The van der Waals surface area contributed by atoms with Crippen LogP contribution in [0.3, 0.4) is 0 Å². The van der Waals surface area contributed by atoms with E-state index in [0.717, 1.165) is 60.4 Å². The number of aryl methyl sites for hydroxylation is 1. The molecule has 1 amide bonds. The van der Waals surface area contributed by atoms with E-state index >= 15 is 0 Å². The molecule has 4 rings (SSSR count). The van der Waals surface area contributed by atoms with E-state index < -0.39 is 18.0 Å². The first-order valence-corrected chi connectivity index (χ1v) is 13.0. The minimum absolute atomic E-state index is 0.261. The fourth-order valence-corrected chi connectivity index (χ4v) is 5.68. The summed E-state index contributed by atoms with van der Waals surface area (Å²) < 4.78 is 4.76. The number of fused-ring (bicyclic) bond motifs is 1. The first-order valence-electron chi connectivity index (χ1n) is 12.2. The van der Waals surface area contributed by atoms with Gasteiger partial charge >= 0.3 is 5.97 Å². The second kappa shape index (κ2) is 11.2. The number of piperidine rings is 1. The monoisotopic (exact) mass is 511 g/mol. The number of anilines is 2. The molecule has 36 heavy (non-hydrogen) atoms. The number of methoxy groups -OCH3 is 1. The minimum atomic E-state index is -0.725. The molecule has 1 fully saturated rings. The highest BCUT2D eigenvalue weighted by Crippen LogP contribution is 2.37. The number of hydrogen-bond acceptors (Lipinski definition) is 9. The lowest BCUT2D eigenvalue weighted by atomic mass is 10.0. The minimum Gasteiger partial charge on any atom is -0.465 e. The number of carbonyl (C=O) groups excluding carboxylic acids is 2. The SMILES string of the molecule is CCCc1cc(N2CCC(NCC(O)c3cccc(C(=O)OC)c3)CC2)nc2sc(C(N)=O)c(N)c12. The molecule has 1 aliphatic rings. The predicted molar refractivity (Wildman–Crippen MR) is 143 cm³/mol. The van der Waals surface area contributed by atoms with Crippen LogP contribution >= 0.6 is 11.3 Å². The topological polar surface area (TPSA) is 144 Å². The maximum Gasteiger partial charge on any atom is 0.337 e. The summed E-state index contributed by atoms with van der Waals surface area (Å²) in [6.45, 7) is 4.14. The van der Waals surface area contributed by atoms with Gasteiger partial charge in [-0.3, -0.25) is 4.79 Å². The van der Waals surface area contributed by atoms with Crippen molar-refractivity contribution in [3.05, 3.63) is 51.9 Å². The van der Waals surface area contributed by atoms with E-state index in [4.69, 9.17) is 21.2 Å². The number of ether oxygens (including phenoxy) is 1. The van der Waals surface area contributed by atoms with Gasteiger partial charge in [-0.05, 0) is 48.6 Å². The number of benzene rings is 1. The maximum absolute atomic E-state index is 11.8. The Hall–Kier alpha value is -3.21. The molecule has 3 aromatic rings. The molecule has 192 valence electrons. The summed E-state index contributed by atoms with van der Waals surface area (Å²) in [4.78, 5) is 31.8. The largest absolute Gasteiger partial charge is 0.465 e. The molecule has 1 unspecified atom stereocenters. The zero-order valence-corrected chi connectivity index (χ0v) is 21.4. The first-order chi connectivity index (χ1) is 17.3. The second-order valence-electron chi connectivity index (χ2n) is 9.08. The molecule has 2 aromatic heterocycles. The van der Waals surface area contributed by atoms with Crippen molar-refractivity contribution in [2.24, 2.45) is 5.73 Å².